The first-order chi connectivity index (χ1) is 14.8. The molecule has 1 fully saturated rings. The van der Waals surface area contributed by atoms with Gasteiger partial charge in [0, 0.05) is 24.4 Å². The lowest BCUT2D eigenvalue weighted by atomic mass is 9.96. The van der Waals surface area contributed by atoms with E-state index in [0.29, 0.717) is 5.82 Å². The van der Waals surface area contributed by atoms with Crippen LogP contribution in [-0.4, -0.2) is 48.9 Å². The Bertz CT molecular complexity index is 1150. The molecule has 1 aromatic carbocycles. The van der Waals surface area contributed by atoms with Gasteiger partial charge in [-0.3, -0.25) is 9.78 Å². The third kappa shape index (κ3) is 3.69. The summed E-state index contributed by atoms with van der Waals surface area (Å²) in [6, 6.07) is 13.6. The molecule has 0 bridgehead atoms. The van der Waals surface area contributed by atoms with Crippen molar-refractivity contribution in [3.05, 3.63) is 61.3 Å². The lowest BCUT2D eigenvalue weighted by molar-refractivity contribution is -0.120. The molecule has 0 atom stereocenters. The number of piperidine rings is 1. The molecule has 9 nitrogen and oxygen atoms in total. The zero-order valence-corrected chi connectivity index (χ0v) is 16.2. The van der Waals surface area contributed by atoms with Crippen LogP contribution in [0.25, 0.3) is 16.7 Å². The van der Waals surface area contributed by atoms with Gasteiger partial charge < -0.3 is 10.2 Å². The Morgan fingerprint density at radius 1 is 1.03 bits per heavy atom. The molecule has 1 aliphatic heterocycles. The summed E-state index contributed by atoms with van der Waals surface area (Å²) in [4.78, 5) is 23.2. The smallest absolute Gasteiger partial charge is 0.227 e. The highest BCUT2D eigenvalue weighted by molar-refractivity contribution is 5.94. The Kier molecular flexibility index (Phi) is 4.76. The van der Waals surface area contributed by atoms with Gasteiger partial charge in [-0.05, 0) is 37.1 Å². The minimum absolute atomic E-state index is 0.0323. The molecule has 0 aliphatic carbocycles. The Hall–Kier alpha value is -3.88. The Morgan fingerprint density at radius 2 is 1.83 bits per heavy atom. The summed E-state index contributed by atoms with van der Waals surface area (Å²) < 4.78 is 1.56. The summed E-state index contributed by atoms with van der Waals surface area (Å²) in [7, 11) is 0. The van der Waals surface area contributed by atoms with Gasteiger partial charge in [0.25, 0.3) is 0 Å². The average molecular weight is 400 g/mol. The van der Waals surface area contributed by atoms with Crippen LogP contribution in [0.5, 0.6) is 0 Å². The molecular weight excluding hydrogens is 380 g/mol. The van der Waals surface area contributed by atoms with Gasteiger partial charge in [0.05, 0.1) is 17.4 Å². The van der Waals surface area contributed by atoms with Gasteiger partial charge >= 0.3 is 0 Å². The summed E-state index contributed by atoms with van der Waals surface area (Å²) in [6.07, 6.45) is 6.28. The molecule has 1 aliphatic rings. The van der Waals surface area contributed by atoms with Crippen LogP contribution < -0.4 is 10.2 Å². The Morgan fingerprint density at radius 3 is 2.60 bits per heavy atom. The average Bonchev–Trinajstić information content (AvgIpc) is 3.34. The second-order valence-electron chi connectivity index (χ2n) is 7.26. The first-order valence-electron chi connectivity index (χ1n) is 9.85. The fourth-order valence-corrected chi connectivity index (χ4v) is 3.69. The first kappa shape index (κ1) is 18.2. The number of hydrogen-bond acceptors (Lipinski definition) is 7. The number of benzene rings is 1. The quantitative estimate of drug-likeness (QED) is 0.561. The topological polar surface area (TPSA) is 102 Å². The van der Waals surface area contributed by atoms with Crippen LogP contribution in [0.2, 0.25) is 0 Å². The van der Waals surface area contributed by atoms with E-state index in [1.165, 1.54) is 6.33 Å². The molecule has 0 radical (unpaired) electrons. The van der Waals surface area contributed by atoms with Crippen molar-refractivity contribution in [2.75, 3.05) is 23.3 Å². The van der Waals surface area contributed by atoms with Gasteiger partial charge in [-0.15, -0.1) is 10.2 Å². The molecule has 0 unspecified atom stereocenters. The number of carbonyl (C=O) groups excluding carboxylic acids is 1. The highest BCUT2D eigenvalue weighted by Crippen LogP contribution is 2.24. The number of rotatable bonds is 4. The Labute approximate surface area is 172 Å². The fraction of sp³-hybridized carbons (Fsp3) is 0.238. The molecule has 30 heavy (non-hydrogen) atoms. The summed E-state index contributed by atoms with van der Waals surface area (Å²) in [6.45, 7) is 1.51. The zero-order valence-electron chi connectivity index (χ0n) is 16.2. The number of para-hydroxylation sites is 1. The molecule has 150 valence electrons. The van der Waals surface area contributed by atoms with E-state index in [9.17, 15) is 4.79 Å². The summed E-state index contributed by atoms with van der Waals surface area (Å²) >= 11 is 0. The van der Waals surface area contributed by atoms with Gasteiger partial charge in [-0.1, -0.05) is 18.2 Å². The van der Waals surface area contributed by atoms with Gasteiger partial charge in [0.15, 0.2) is 11.6 Å². The highest BCUT2D eigenvalue weighted by Gasteiger charge is 2.26. The largest absolute Gasteiger partial charge is 0.355 e. The monoisotopic (exact) mass is 400 g/mol. The van der Waals surface area contributed by atoms with Crippen LogP contribution in [-0.2, 0) is 4.79 Å². The van der Waals surface area contributed by atoms with Crippen molar-refractivity contribution in [1.29, 1.82) is 0 Å². The van der Waals surface area contributed by atoms with Crippen LogP contribution in [0.4, 0.5) is 11.5 Å². The van der Waals surface area contributed by atoms with Gasteiger partial charge in [-0.2, -0.15) is 5.10 Å². The number of fused-ring (bicyclic) bond motifs is 1. The highest BCUT2D eigenvalue weighted by atomic mass is 16.1. The molecular formula is C21H20N8O. The lowest BCUT2D eigenvalue weighted by Crippen LogP contribution is -2.38. The van der Waals surface area contributed by atoms with Gasteiger partial charge in [0.2, 0.25) is 5.91 Å². The minimum Gasteiger partial charge on any atom is -0.355 e. The van der Waals surface area contributed by atoms with E-state index in [0.717, 1.165) is 48.3 Å². The predicted molar refractivity (Wildman–Crippen MR) is 112 cm³/mol. The molecule has 1 saturated heterocycles. The van der Waals surface area contributed by atoms with Crippen LogP contribution in [0, 0.1) is 5.92 Å². The normalized spacial score (nSPS) is 14.7. The van der Waals surface area contributed by atoms with Crippen molar-refractivity contribution in [3.8, 4) is 5.82 Å². The molecule has 9 heteroatoms. The zero-order chi connectivity index (χ0) is 20.3. The maximum Gasteiger partial charge on any atom is 0.227 e. The molecule has 4 aromatic rings. The van der Waals surface area contributed by atoms with Crippen LogP contribution in [0.15, 0.2) is 61.3 Å². The van der Waals surface area contributed by atoms with E-state index in [-0.39, 0.29) is 11.8 Å². The van der Waals surface area contributed by atoms with E-state index in [1.807, 2.05) is 42.5 Å². The number of carbonyl (C=O) groups is 1. The van der Waals surface area contributed by atoms with E-state index < -0.39 is 0 Å². The lowest BCUT2D eigenvalue weighted by Gasteiger charge is -2.31. The number of pyridine rings is 1. The van der Waals surface area contributed by atoms with Crippen molar-refractivity contribution in [1.82, 2.24) is 29.9 Å². The van der Waals surface area contributed by atoms with Crippen molar-refractivity contribution in [3.63, 3.8) is 0 Å². The van der Waals surface area contributed by atoms with E-state index in [1.54, 1.807) is 17.2 Å². The first-order valence-corrected chi connectivity index (χ1v) is 9.85. The van der Waals surface area contributed by atoms with Crippen LogP contribution in [0.3, 0.4) is 0 Å². The molecule has 1 amide bonds. The van der Waals surface area contributed by atoms with Crippen molar-refractivity contribution < 1.29 is 4.79 Å². The summed E-state index contributed by atoms with van der Waals surface area (Å²) in [5.74, 6) is 1.43. The second-order valence-corrected chi connectivity index (χ2v) is 7.26. The number of hydrogen-bond donors (Lipinski definition) is 1. The molecule has 4 heterocycles. The maximum absolute atomic E-state index is 12.7. The molecule has 3 aromatic heterocycles. The molecule has 5 rings (SSSR count). The minimum atomic E-state index is -0.0323. The molecule has 0 saturated carbocycles. The second kappa shape index (κ2) is 7.86. The van der Waals surface area contributed by atoms with Crippen LogP contribution in [0.1, 0.15) is 12.8 Å². The number of nitrogens with one attached hydrogen (secondary N) is 1. The van der Waals surface area contributed by atoms with E-state index >= 15 is 0 Å². The number of amides is 1. The summed E-state index contributed by atoms with van der Waals surface area (Å²) in [5.41, 5.74) is 1.65. The third-order valence-corrected chi connectivity index (χ3v) is 5.34. The Balaban J connectivity index is 1.19. The van der Waals surface area contributed by atoms with E-state index in [2.05, 4.69) is 35.5 Å². The molecule has 0 spiro atoms. The van der Waals surface area contributed by atoms with E-state index in [4.69, 9.17) is 0 Å². The number of nitrogens with zero attached hydrogens (tertiary/aromatic N) is 7. The number of anilines is 2. The molecule has 1 N–H and O–H groups in total. The SMILES string of the molecule is O=C(Nc1cnc2ccccc2c1)C1CCN(c2ccc(-n3cncn3)nn2)CC1. The number of aromatic nitrogens is 6. The third-order valence-electron chi connectivity index (χ3n) is 5.34. The maximum atomic E-state index is 12.7. The van der Waals surface area contributed by atoms with Crippen molar-refractivity contribution in [2.45, 2.75) is 12.8 Å². The van der Waals surface area contributed by atoms with Crippen molar-refractivity contribution in [2.24, 2.45) is 5.92 Å². The van der Waals surface area contributed by atoms with Crippen LogP contribution >= 0.6 is 0 Å². The van der Waals surface area contributed by atoms with Gasteiger partial charge in [0.1, 0.15) is 12.7 Å². The predicted octanol–water partition coefficient (Wildman–Crippen LogP) is 2.46. The van der Waals surface area contributed by atoms with Gasteiger partial charge in [-0.25, -0.2) is 9.67 Å². The summed E-state index contributed by atoms with van der Waals surface area (Å²) in [5, 5.41) is 16.6. The van der Waals surface area contributed by atoms with Crippen molar-refractivity contribution >= 4 is 28.3 Å². The standard InChI is InChI=1S/C21H20N8O/c30-21(25-17-11-16-3-1-2-4-18(16)23-12-17)15-7-9-28(10-8-15)19-5-6-20(27-26-19)29-14-22-13-24-29/h1-6,11-15H,7-10H2,(H,25,30). The fourth-order valence-electron chi connectivity index (χ4n) is 3.69.